The van der Waals surface area contributed by atoms with Crippen LogP contribution in [0.25, 0.3) is 0 Å². The number of imidazole rings is 1. The monoisotopic (exact) mass is 243 g/mol. The topological polar surface area (TPSA) is 57.8 Å². The smallest absolute Gasteiger partial charge is 0.220 e. The molecule has 2 rings (SSSR count). The van der Waals surface area contributed by atoms with Crippen LogP contribution in [0.2, 0.25) is 0 Å². The number of hydrogen-bond acceptors (Lipinski definition) is 2. The number of carbonyl (C=O) groups excluding carboxylic acids is 1. The molecule has 0 unspecified atom stereocenters. The normalized spacial score (nSPS) is 10.3. The van der Waals surface area contributed by atoms with Gasteiger partial charge in [-0.2, -0.15) is 0 Å². The number of aromatic nitrogens is 2. The Kier molecular flexibility index (Phi) is 4.12. The van der Waals surface area contributed by atoms with E-state index in [1.807, 2.05) is 31.2 Å². The van der Waals surface area contributed by atoms with E-state index < -0.39 is 0 Å². The Morgan fingerprint density at radius 1 is 1.33 bits per heavy atom. The molecular weight excluding hydrogens is 226 g/mol. The van der Waals surface area contributed by atoms with Gasteiger partial charge in [0.2, 0.25) is 5.91 Å². The third-order valence-corrected chi connectivity index (χ3v) is 2.79. The van der Waals surface area contributed by atoms with Gasteiger partial charge in [0.05, 0.1) is 6.33 Å². The minimum absolute atomic E-state index is 0.0603. The van der Waals surface area contributed by atoms with Crippen molar-refractivity contribution in [2.75, 3.05) is 0 Å². The minimum atomic E-state index is 0.0603. The first kappa shape index (κ1) is 12.4. The molecule has 1 aromatic heterocycles. The van der Waals surface area contributed by atoms with Gasteiger partial charge < -0.3 is 10.3 Å². The predicted molar refractivity (Wildman–Crippen MR) is 69.9 cm³/mol. The van der Waals surface area contributed by atoms with E-state index in [2.05, 4.69) is 15.3 Å². The Bertz CT molecular complexity index is 488. The molecule has 0 bridgehead atoms. The van der Waals surface area contributed by atoms with E-state index in [1.54, 1.807) is 12.5 Å². The van der Waals surface area contributed by atoms with Crippen molar-refractivity contribution >= 4 is 5.91 Å². The Hall–Kier alpha value is -2.10. The van der Waals surface area contributed by atoms with Crippen LogP contribution >= 0.6 is 0 Å². The van der Waals surface area contributed by atoms with Crippen LogP contribution in [0.3, 0.4) is 0 Å². The molecule has 4 heteroatoms. The van der Waals surface area contributed by atoms with E-state index in [-0.39, 0.29) is 5.91 Å². The van der Waals surface area contributed by atoms with Crippen LogP contribution < -0.4 is 5.32 Å². The Labute approximate surface area is 106 Å². The summed E-state index contributed by atoms with van der Waals surface area (Å²) in [6, 6.07) is 8.16. The van der Waals surface area contributed by atoms with Gasteiger partial charge in [0.1, 0.15) is 0 Å². The van der Waals surface area contributed by atoms with Crippen LogP contribution in [0, 0.1) is 6.92 Å². The average molecular weight is 243 g/mol. The van der Waals surface area contributed by atoms with E-state index >= 15 is 0 Å². The van der Waals surface area contributed by atoms with Crippen LogP contribution in [0.5, 0.6) is 0 Å². The van der Waals surface area contributed by atoms with Crippen molar-refractivity contribution in [1.82, 2.24) is 15.3 Å². The highest BCUT2D eigenvalue weighted by Gasteiger charge is 2.02. The first-order valence-electron chi connectivity index (χ1n) is 6.03. The van der Waals surface area contributed by atoms with Gasteiger partial charge in [0.15, 0.2) is 0 Å². The summed E-state index contributed by atoms with van der Waals surface area (Å²) in [6.07, 6.45) is 4.54. The van der Waals surface area contributed by atoms with Gasteiger partial charge in [0, 0.05) is 24.9 Å². The maximum absolute atomic E-state index is 11.6. The van der Waals surface area contributed by atoms with Crippen molar-refractivity contribution in [2.24, 2.45) is 0 Å². The molecule has 4 nitrogen and oxygen atoms in total. The van der Waals surface area contributed by atoms with E-state index in [1.165, 1.54) is 5.56 Å². The summed E-state index contributed by atoms with van der Waals surface area (Å²) >= 11 is 0. The first-order valence-corrected chi connectivity index (χ1v) is 6.03. The molecule has 0 saturated heterocycles. The quantitative estimate of drug-likeness (QED) is 0.843. The Balaban J connectivity index is 1.73. The maximum atomic E-state index is 11.6. The van der Waals surface area contributed by atoms with E-state index in [0.717, 1.165) is 11.3 Å². The molecule has 1 heterocycles. The SMILES string of the molecule is Cc1ccc(CNC(=O)CCc2cnc[nH]2)cc1. The number of benzene rings is 1. The molecule has 0 aliphatic carbocycles. The molecule has 1 aromatic carbocycles. The van der Waals surface area contributed by atoms with Gasteiger partial charge in [-0.1, -0.05) is 29.8 Å². The van der Waals surface area contributed by atoms with E-state index in [9.17, 15) is 4.79 Å². The second-order valence-electron chi connectivity index (χ2n) is 4.34. The molecule has 0 aliphatic heterocycles. The van der Waals surface area contributed by atoms with Crippen molar-refractivity contribution in [1.29, 1.82) is 0 Å². The van der Waals surface area contributed by atoms with Crippen molar-refractivity contribution in [3.8, 4) is 0 Å². The van der Waals surface area contributed by atoms with E-state index in [4.69, 9.17) is 0 Å². The molecule has 1 amide bonds. The van der Waals surface area contributed by atoms with Gasteiger partial charge in [-0.25, -0.2) is 4.98 Å². The highest BCUT2D eigenvalue weighted by atomic mass is 16.1. The standard InChI is InChI=1S/C14H17N3O/c1-11-2-4-12(5-3-11)8-16-14(18)7-6-13-9-15-10-17-13/h2-5,9-10H,6-8H2,1H3,(H,15,17)(H,16,18). The summed E-state index contributed by atoms with van der Waals surface area (Å²) in [6.45, 7) is 2.63. The summed E-state index contributed by atoms with van der Waals surface area (Å²) in [4.78, 5) is 18.5. The van der Waals surface area contributed by atoms with Crippen LogP contribution in [-0.2, 0) is 17.8 Å². The molecule has 0 aliphatic rings. The van der Waals surface area contributed by atoms with Crippen molar-refractivity contribution in [3.63, 3.8) is 0 Å². The average Bonchev–Trinajstić information content (AvgIpc) is 2.89. The largest absolute Gasteiger partial charge is 0.352 e. The van der Waals surface area contributed by atoms with Crippen molar-refractivity contribution in [2.45, 2.75) is 26.3 Å². The summed E-state index contributed by atoms with van der Waals surface area (Å²) in [5, 5.41) is 2.91. The third-order valence-electron chi connectivity index (χ3n) is 2.79. The fraction of sp³-hybridized carbons (Fsp3) is 0.286. The van der Waals surface area contributed by atoms with Crippen molar-refractivity contribution in [3.05, 3.63) is 53.6 Å². The molecule has 0 saturated carbocycles. The minimum Gasteiger partial charge on any atom is -0.352 e. The highest BCUT2D eigenvalue weighted by Crippen LogP contribution is 2.03. The molecule has 0 spiro atoms. The van der Waals surface area contributed by atoms with E-state index in [0.29, 0.717) is 19.4 Å². The van der Waals surface area contributed by atoms with Gasteiger partial charge in [-0.3, -0.25) is 4.79 Å². The number of carbonyl (C=O) groups is 1. The summed E-state index contributed by atoms with van der Waals surface area (Å²) in [5.74, 6) is 0.0603. The number of H-pyrrole nitrogens is 1. The van der Waals surface area contributed by atoms with Gasteiger partial charge in [0.25, 0.3) is 0 Å². The fourth-order valence-corrected chi connectivity index (χ4v) is 1.66. The van der Waals surface area contributed by atoms with Gasteiger partial charge >= 0.3 is 0 Å². The molecule has 2 aromatic rings. The predicted octanol–water partition coefficient (Wildman–Crippen LogP) is 1.97. The number of aromatic amines is 1. The lowest BCUT2D eigenvalue weighted by atomic mass is 10.1. The van der Waals surface area contributed by atoms with Gasteiger partial charge in [-0.15, -0.1) is 0 Å². The first-order chi connectivity index (χ1) is 8.74. The zero-order valence-corrected chi connectivity index (χ0v) is 10.4. The molecule has 2 N–H and O–H groups in total. The molecule has 0 fully saturated rings. The van der Waals surface area contributed by atoms with Crippen LogP contribution in [0.15, 0.2) is 36.8 Å². The summed E-state index contributed by atoms with van der Waals surface area (Å²) in [5.41, 5.74) is 3.33. The number of nitrogens with one attached hydrogen (secondary N) is 2. The lowest BCUT2D eigenvalue weighted by Crippen LogP contribution is -2.23. The molecule has 0 atom stereocenters. The number of aryl methyl sites for hydroxylation is 2. The Morgan fingerprint density at radius 3 is 2.78 bits per heavy atom. The number of rotatable bonds is 5. The Morgan fingerprint density at radius 2 is 2.11 bits per heavy atom. The number of nitrogens with zero attached hydrogens (tertiary/aromatic N) is 1. The second-order valence-corrected chi connectivity index (χ2v) is 4.34. The zero-order chi connectivity index (χ0) is 12.8. The lowest BCUT2D eigenvalue weighted by Gasteiger charge is -2.05. The van der Waals surface area contributed by atoms with Crippen LogP contribution in [-0.4, -0.2) is 15.9 Å². The molecule has 94 valence electrons. The van der Waals surface area contributed by atoms with Gasteiger partial charge in [-0.05, 0) is 18.9 Å². The maximum Gasteiger partial charge on any atom is 0.220 e. The zero-order valence-electron chi connectivity index (χ0n) is 10.4. The van der Waals surface area contributed by atoms with Crippen LogP contribution in [0.4, 0.5) is 0 Å². The number of hydrogen-bond donors (Lipinski definition) is 2. The van der Waals surface area contributed by atoms with Crippen LogP contribution in [0.1, 0.15) is 23.2 Å². The molecule has 18 heavy (non-hydrogen) atoms. The summed E-state index contributed by atoms with van der Waals surface area (Å²) < 4.78 is 0. The highest BCUT2D eigenvalue weighted by molar-refractivity contribution is 5.76. The molecular formula is C14H17N3O. The second kappa shape index (κ2) is 6.00. The van der Waals surface area contributed by atoms with Crippen molar-refractivity contribution < 1.29 is 4.79 Å². The fourth-order valence-electron chi connectivity index (χ4n) is 1.66. The number of amides is 1. The summed E-state index contributed by atoms with van der Waals surface area (Å²) in [7, 11) is 0. The lowest BCUT2D eigenvalue weighted by molar-refractivity contribution is -0.121. The molecule has 0 radical (unpaired) electrons. The third kappa shape index (κ3) is 3.73.